The molecule has 0 aromatic heterocycles. The fraction of sp³-hybridized carbons (Fsp3) is 0.516. The number of benzene rings is 2. The first-order chi connectivity index (χ1) is 19.5. The maximum Gasteiger partial charge on any atom is 0.303 e. The molecule has 9 heteroatoms. The lowest BCUT2D eigenvalue weighted by atomic mass is 9.94. The molecule has 2 amide bonds. The van der Waals surface area contributed by atoms with Crippen LogP contribution >= 0.6 is 0 Å². The Morgan fingerprint density at radius 1 is 0.900 bits per heavy atom. The van der Waals surface area contributed by atoms with Crippen molar-refractivity contribution in [3.05, 3.63) is 71.3 Å². The van der Waals surface area contributed by atoms with Gasteiger partial charge in [-0.1, -0.05) is 81.5 Å². The predicted octanol–water partition coefficient (Wildman–Crippen LogP) is 4.80. The normalized spacial score (nSPS) is 27.8. The minimum atomic E-state index is -1.05. The highest BCUT2D eigenvalue weighted by atomic mass is 16.8. The average Bonchev–Trinajstić information content (AvgIpc) is 3.22. The number of nitrogens with zero attached hydrogens (tertiary/aromatic N) is 1. The van der Waals surface area contributed by atoms with Crippen molar-refractivity contribution >= 4 is 17.8 Å². The van der Waals surface area contributed by atoms with E-state index in [-0.39, 0.29) is 6.61 Å². The molecule has 0 radical (unpaired) electrons. The van der Waals surface area contributed by atoms with Crippen LogP contribution in [0.1, 0.15) is 84.9 Å². The van der Waals surface area contributed by atoms with Gasteiger partial charge in [-0.25, -0.2) is 0 Å². The quantitative estimate of drug-likeness (QED) is 0.223. The van der Waals surface area contributed by atoms with Crippen LogP contribution in [-0.4, -0.2) is 66.5 Å². The lowest BCUT2D eigenvalue weighted by molar-refractivity contribution is -0.349. The van der Waals surface area contributed by atoms with Crippen LogP contribution in [0.2, 0.25) is 0 Å². The molecule has 3 aliphatic heterocycles. The third-order valence-electron chi connectivity index (χ3n) is 7.58. The van der Waals surface area contributed by atoms with E-state index >= 15 is 0 Å². The van der Waals surface area contributed by atoms with Gasteiger partial charge in [0.1, 0.15) is 18.2 Å². The van der Waals surface area contributed by atoms with Gasteiger partial charge in [-0.05, 0) is 18.6 Å². The van der Waals surface area contributed by atoms with Gasteiger partial charge in [0.2, 0.25) is 0 Å². The van der Waals surface area contributed by atoms with Gasteiger partial charge in [0.25, 0.3) is 11.8 Å². The van der Waals surface area contributed by atoms with E-state index in [0.717, 1.165) is 29.7 Å². The van der Waals surface area contributed by atoms with Crippen molar-refractivity contribution in [3.63, 3.8) is 0 Å². The van der Waals surface area contributed by atoms with Gasteiger partial charge in [-0.3, -0.25) is 19.3 Å². The molecular formula is C31H37NO8. The molecule has 3 heterocycles. The molecule has 1 unspecified atom stereocenters. The first kappa shape index (κ1) is 28.4. The van der Waals surface area contributed by atoms with E-state index in [9.17, 15) is 14.4 Å². The van der Waals surface area contributed by atoms with Crippen molar-refractivity contribution in [1.29, 1.82) is 0 Å². The van der Waals surface area contributed by atoms with Gasteiger partial charge in [0.05, 0.1) is 17.7 Å². The Morgan fingerprint density at radius 2 is 1.55 bits per heavy atom. The van der Waals surface area contributed by atoms with Gasteiger partial charge in [0, 0.05) is 19.1 Å². The largest absolute Gasteiger partial charge is 0.457 e. The minimum absolute atomic E-state index is 0.160. The highest BCUT2D eigenvalue weighted by molar-refractivity contribution is 6.21. The maximum atomic E-state index is 13.6. The van der Waals surface area contributed by atoms with E-state index in [4.69, 9.17) is 23.7 Å². The summed E-state index contributed by atoms with van der Waals surface area (Å²) >= 11 is 0. The molecule has 0 saturated carbocycles. The topological polar surface area (TPSA) is 101 Å². The van der Waals surface area contributed by atoms with Gasteiger partial charge in [0.15, 0.2) is 18.7 Å². The fourth-order valence-corrected chi connectivity index (χ4v) is 5.63. The maximum absolute atomic E-state index is 13.6. The number of carbonyl (C=O) groups is 3. The van der Waals surface area contributed by atoms with Crippen LogP contribution < -0.4 is 0 Å². The van der Waals surface area contributed by atoms with Crippen LogP contribution in [0.25, 0.3) is 0 Å². The van der Waals surface area contributed by atoms with Crippen LogP contribution in [0.15, 0.2) is 54.6 Å². The minimum Gasteiger partial charge on any atom is -0.457 e. The first-order valence-corrected chi connectivity index (χ1v) is 14.2. The number of hydrogen-bond acceptors (Lipinski definition) is 8. The highest BCUT2D eigenvalue weighted by Crippen LogP contribution is 2.39. The second-order valence-electron chi connectivity index (χ2n) is 10.4. The smallest absolute Gasteiger partial charge is 0.303 e. The van der Waals surface area contributed by atoms with E-state index < -0.39 is 54.7 Å². The van der Waals surface area contributed by atoms with Crippen molar-refractivity contribution < 1.29 is 38.1 Å². The molecular weight excluding hydrogens is 514 g/mol. The number of hydrogen-bond donors (Lipinski definition) is 0. The van der Waals surface area contributed by atoms with Gasteiger partial charge < -0.3 is 23.7 Å². The zero-order valence-corrected chi connectivity index (χ0v) is 23.0. The SMILES string of the molecule is CCCCCCCCO[C@@H]1O[C@@H]2COC(c3ccccc3)O[C@H]2[C@H](OC(C)=O)[C@H]1N1C(=O)c2ccccc2C1=O. The molecule has 5 rings (SSSR count). The van der Waals surface area contributed by atoms with Crippen LogP contribution in [0.5, 0.6) is 0 Å². The lowest BCUT2D eigenvalue weighted by Crippen LogP contribution is -2.68. The molecule has 0 bridgehead atoms. The van der Waals surface area contributed by atoms with Crippen molar-refractivity contribution in [2.45, 2.75) is 89.3 Å². The highest BCUT2D eigenvalue weighted by Gasteiger charge is 2.57. The fourth-order valence-electron chi connectivity index (χ4n) is 5.63. The number of rotatable bonds is 11. The summed E-state index contributed by atoms with van der Waals surface area (Å²) in [6.07, 6.45) is 2.23. The summed E-state index contributed by atoms with van der Waals surface area (Å²) in [5.74, 6) is -1.53. The molecule has 2 aromatic carbocycles. The average molecular weight is 552 g/mol. The molecule has 6 atom stereocenters. The van der Waals surface area contributed by atoms with Gasteiger partial charge >= 0.3 is 5.97 Å². The molecule has 40 heavy (non-hydrogen) atoms. The number of amides is 2. The Kier molecular flexibility index (Phi) is 9.26. The number of unbranched alkanes of at least 4 members (excludes halogenated alkanes) is 5. The van der Waals surface area contributed by atoms with Crippen molar-refractivity contribution in [3.8, 4) is 0 Å². The summed E-state index contributed by atoms with van der Waals surface area (Å²) in [5.41, 5.74) is 1.38. The van der Waals surface area contributed by atoms with E-state index in [1.54, 1.807) is 24.3 Å². The van der Waals surface area contributed by atoms with Crippen LogP contribution in [0.4, 0.5) is 0 Å². The molecule has 3 aliphatic rings. The van der Waals surface area contributed by atoms with Crippen LogP contribution in [-0.2, 0) is 28.5 Å². The third kappa shape index (κ3) is 5.98. The van der Waals surface area contributed by atoms with Crippen LogP contribution in [0.3, 0.4) is 0 Å². The molecule has 2 aromatic rings. The Balaban J connectivity index is 1.42. The zero-order chi connectivity index (χ0) is 28.1. The van der Waals surface area contributed by atoms with Gasteiger partial charge in [-0.15, -0.1) is 0 Å². The lowest BCUT2D eigenvalue weighted by Gasteiger charge is -2.50. The second kappa shape index (κ2) is 13.0. The number of esters is 1. The molecule has 0 aliphatic carbocycles. The summed E-state index contributed by atoms with van der Waals surface area (Å²) < 4.78 is 30.7. The predicted molar refractivity (Wildman–Crippen MR) is 144 cm³/mol. The molecule has 9 nitrogen and oxygen atoms in total. The van der Waals surface area contributed by atoms with E-state index in [1.165, 1.54) is 26.2 Å². The summed E-state index contributed by atoms with van der Waals surface area (Å²) in [6.45, 7) is 4.00. The summed E-state index contributed by atoms with van der Waals surface area (Å²) in [5, 5.41) is 0. The standard InChI is InChI=1S/C31H37NO8/c1-3-4-5-6-7-13-18-36-31-25(32-28(34)22-16-11-12-17-23(22)29(32)35)27(38-20(2)33)26-24(39-31)19-37-30(40-26)21-14-9-8-10-15-21/h8-12,14-17,24-27,30-31H,3-7,13,18-19H2,1-2H3/t24-,25-,26-,27-,30?,31-/m1/s1. The van der Waals surface area contributed by atoms with Gasteiger partial charge in [-0.2, -0.15) is 0 Å². The second-order valence-corrected chi connectivity index (χ2v) is 10.4. The molecule has 0 N–H and O–H groups in total. The third-order valence-corrected chi connectivity index (χ3v) is 7.58. The summed E-state index contributed by atoms with van der Waals surface area (Å²) in [4.78, 5) is 40.7. The van der Waals surface area contributed by atoms with E-state index in [0.29, 0.717) is 17.7 Å². The Hall–Kier alpha value is -3.11. The Bertz CT molecular complexity index is 1150. The van der Waals surface area contributed by atoms with Crippen molar-refractivity contribution in [1.82, 2.24) is 4.90 Å². The van der Waals surface area contributed by atoms with Crippen molar-refractivity contribution in [2.24, 2.45) is 0 Å². The Morgan fingerprint density at radius 3 is 2.23 bits per heavy atom. The Labute approximate surface area is 234 Å². The first-order valence-electron chi connectivity index (χ1n) is 14.2. The van der Waals surface area contributed by atoms with E-state index in [1.807, 2.05) is 30.3 Å². The number of ether oxygens (including phenoxy) is 5. The van der Waals surface area contributed by atoms with Crippen molar-refractivity contribution in [2.75, 3.05) is 13.2 Å². The number of imide groups is 1. The number of carbonyl (C=O) groups excluding carboxylic acids is 3. The summed E-state index contributed by atoms with van der Waals surface area (Å²) in [6, 6.07) is 15.0. The molecule has 2 saturated heterocycles. The summed E-state index contributed by atoms with van der Waals surface area (Å²) in [7, 11) is 0. The number of fused-ring (bicyclic) bond motifs is 2. The molecule has 0 spiro atoms. The van der Waals surface area contributed by atoms with E-state index in [2.05, 4.69) is 6.92 Å². The zero-order valence-electron chi connectivity index (χ0n) is 23.0. The molecule has 2 fully saturated rings. The molecule has 214 valence electrons. The monoisotopic (exact) mass is 551 g/mol. The van der Waals surface area contributed by atoms with Crippen LogP contribution in [0, 0.1) is 0 Å².